The molecule has 0 spiro atoms. The SMILES string of the molecule is CCc1ccc2cc(-c3ccc(-c4ccc(Cl)cc4)cc3)ccc2c1. The van der Waals surface area contributed by atoms with Crippen LogP contribution in [0.25, 0.3) is 33.0 Å². The Kier molecular flexibility index (Phi) is 4.29. The van der Waals surface area contributed by atoms with E-state index in [1.807, 2.05) is 12.1 Å². The summed E-state index contributed by atoms with van der Waals surface area (Å²) in [4.78, 5) is 0. The summed E-state index contributed by atoms with van der Waals surface area (Å²) in [7, 11) is 0. The van der Waals surface area contributed by atoms with Crippen molar-refractivity contribution in [3.8, 4) is 22.3 Å². The molecule has 4 aromatic carbocycles. The summed E-state index contributed by atoms with van der Waals surface area (Å²) in [6, 6.07) is 30.1. The Bertz CT molecular complexity index is 1010. The van der Waals surface area contributed by atoms with Gasteiger partial charge in [-0.3, -0.25) is 0 Å². The number of halogens is 1. The zero-order valence-electron chi connectivity index (χ0n) is 14.2. The molecule has 4 aromatic rings. The summed E-state index contributed by atoms with van der Waals surface area (Å²) in [5.74, 6) is 0. The van der Waals surface area contributed by atoms with Gasteiger partial charge in [0.05, 0.1) is 0 Å². The molecule has 0 atom stereocenters. The standard InChI is InChI=1S/C24H19Cl/c1-2-17-3-4-23-16-22(10-9-21(23)15-17)20-7-5-18(6-8-20)19-11-13-24(25)14-12-19/h3-16H,2H2,1H3. The summed E-state index contributed by atoms with van der Waals surface area (Å²) < 4.78 is 0. The molecular weight excluding hydrogens is 324 g/mol. The van der Waals surface area contributed by atoms with Crippen LogP contribution in [0.1, 0.15) is 12.5 Å². The molecule has 0 saturated heterocycles. The quantitative estimate of drug-likeness (QED) is 0.364. The minimum absolute atomic E-state index is 0.766. The highest BCUT2D eigenvalue weighted by Gasteiger charge is 2.03. The van der Waals surface area contributed by atoms with E-state index in [0.29, 0.717) is 0 Å². The smallest absolute Gasteiger partial charge is 0.0406 e. The number of hydrogen-bond acceptors (Lipinski definition) is 0. The van der Waals surface area contributed by atoms with Crippen LogP contribution in [-0.4, -0.2) is 0 Å². The van der Waals surface area contributed by atoms with Crippen LogP contribution in [0, 0.1) is 0 Å². The van der Waals surface area contributed by atoms with Crippen LogP contribution >= 0.6 is 11.6 Å². The van der Waals surface area contributed by atoms with Crippen molar-refractivity contribution >= 4 is 22.4 Å². The molecule has 1 heteroatoms. The van der Waals surface area contributed by atoms with Gasteiger partial charge < -0.3 is 0 Å². The molecule has 0 bridgehead atoms. The second-order valence-electron chi connectivity index (χ2n) is 6.33. The predicted octanol–water partition coefficient (Wildman–Crippen LogP) is 7.39. The second-order valence-corrected chi connectivity index (χ2v) is 6.77. The molecular formula is C24H19Cl. The summed E-state index contributed by atoms with van der Waals surface area (Å²) >= 11 is 5.97. The van der Waals surface area contributed by atoms with Gasteiger partial charge in [-0.15, -0.1) is 0 Å². The molecule has 0 fully saturated rings. The van der Waals surface area contributed by atoms with Crippen LogP contribution in [0.5, 0.6) is 0 Å². The molecule has 0 saturated carbocycles. The first-order valence-corrected chi connectivity index (χ1v) is 9.00. The Labute approximate surface area is 153 Å². The fourth-order valence-corrected chi connectivity index (χ4v) is 3.32. The first kappa shape index (κ1) is 15.9. The van der Waals surface area contributed by atoms with Gasteiger partial charge in [0.15, 0.2) is 0 Å². The first-order valence-electron chi connectivity index (χ1n) is 8.62. The molecule has 0 aliphatic heterocycles. The molecule has 0 heterocycles. The Morgan fingerprint density at radius 3 is 1.68 bits per heavy atom. The van der Waals surface area contributed by atoms with E-state index in [4.69, 9.17) is 11.6 Å². The largest absolute Gasteiger partial charge is 0.0843 e. The Balaban J connectivity index is 1.67. The van der Waals surface area contributed by atoms with E-state index in [2.05, 4.69) is 79.7 Å². The summed E-state index contributed by atoms with van der Waals surface area (Å²) in [6.07, 6.45) is 1.07. The first-order chi connectivity index (χ1) is 12.2. The molecule has 0 nitrogen and oxygen atoms in total. The van der Waals surface area contributed by atoms with Gasteiger partial charge in [-0.2, -0.15) is 0 Å². The van der Waals surface area contributed by atoms with E-state index in [9.17, 15) is 0 Å². The van der Waals surface area contributed by atoms with Gasteiger partial charge in [0.1, 0.15) is 0 Å². The van der Waals surface area contributed by atoms with Crippen LogP contribution in [0.15, 0.2) is 84.9 Å². The van der Waals surface area contributed by atoms with Gasteiger partial charge in [0.25, 0.3) is 0 Å². The van der Waals surface area contributed by atoms with Crippen molar-refractivity contribution in [3.63, 3.8) is 0 Å². The molecule has 0 aliphatic carbocycles. The Morgan fingerprint density at radius 1 is 0.560 bits per heavy atom. The van der Waals surface area contributed by atoms with Gasteiger partial charge >= 0.3 is 0 Å². The Hall–Kier alpha value is -2.57. The fraction of sp³-hybridized carbons (Fsp3) is 0.0833. The molecule has 0 unspecified atom stereocenters. The number of fused-ring (bicyclic) bond motifs is 1. The maximum absolute atomic E-state index is 5.97. The highest BCUT2D eigenvalue weighted by atomic mass is 35.5. The lowest BCUT2D eigenvalue weighted by Crippen LogP contribution is -1.83. The molecule has 0 N–H and O–H groups in total. The van der Waals surface area contributed by atoms with Crippen LogP contribution < -0.4 is 0 Å². The lowest BCUT2D eigenvalue weighted by Gasteiger charge is -2.07. The zero-order valence-corrected chi connectivity index (χ0v) is 14.9. The molecule has 0 amide bonds. The minimum atomic E-state index is 0.766. The van der Waals surface area contributed by atoms with Crippen molar-refractivity contribution in [2.75, 3.05) is 0 Å². The zero-order chi connectivity index (χ0) is 17.2. The van der Waals surface area contributed by atoms with Crippen molar-refractivity contribution < 1.29 is 0 Å². The van der Waals surface area contributed by atoms with Gasteiger partial charge in [-0.1, -0.05) is 85.3 Å². The number of rotatable bonds is 3. The van der Waals surface area contributed by atoms with E-state index in [-0.39, 0.29) is 0 Å². The number of hydrogen-bond donors (Lipinski definition) is 0. The predicted molar refractivity (Wildman–Crippen MR) is 109 cm³/mol. The summed E-state index contributed by atoms with van der Waals surface area (Å²) in [6.45, 7) is 2.19. The minimum Gasteiger partial charge on any atom is -0.0843 e. The monoisotopic (exact) mass is 342 g/mol. The fourth-order valence-electron chi connectivity index (χ4n) is 3.19. The lowest BCUT2D eigenvalue weighted by molar-refractivity contribution is 1.15. The topological polar surface area (TPSA) is 0 Å². The maximum atomic E-state index is 5.97. The Morgan fingerprint density at radius 2 is 1.04 bits per heavy atom. The van der Waals surface area contributed by atoms with E-state index in [0.717, 1.165) is 11.4 Å². The van der Waals surface area contributed by atoms with Crippen molar-refractivity contribution in [2.45, 2.75) is 13.3 Å². The van der Waals surface area contributed by atoms with Crippen molar-refractivity contribution in [3.05, 3.63) is 95.5 Å². The van der Waals surface area contributed by atoms with Gasteiger partial charge in [0.2, 0.25) is 0 Å². The van der Waals surface area contributed by atoms with E-state index < -0.39 is 0 Å². The second kappa shape index (κ2) is 6.74. The van der Waals surface area contributed by atoms with Crippen molar-refractivity contribution in [1.29, 1.82) is 0 Å². The number of benzene rings is 4. The summed E-state index contributed by atoms with van der Waals surface area (Å²) in [5.41, 5.74) is 6.25. The van der Waals surface area contributed by atoms with Gasteiger partial charge in [-0.05, 0) is 63.2 Å². The molecule has 122 valence electrons. The van der Waals surface area contributed by atoms with Crippen molar-refractivity contribution in [1.82, 2.24) is 0 Å². The average molecular weight is 343 g/mol. The maximum Gasteiger partial charge on any atom is 0.0406 e. The van der Waals surface area contributed by atoms with Gasteiger partial charge in [0, 0.05) is 5.02 Å². The molecule has 0 aliphatic rings. The van der Waals surface area contributed by atoms with E-state index in [1.165, 1.54) is 38.6 Å². The van der Waals surface area contributed by atoms with Crippen LogP contribution in [0.3, 0.4) is 0 Å². The molecule has 0 aromatic heterocycles. The van der Waals surface area contributed by atoms with Crippen LogP contribution in [0.2, 0.25) is 5.02 Å². The van der Waals surface area contributed by atoms with E-state index >= 15 is 0 Å². The average Bonchev–Trinajstić information content (AvgIpc) is 2.68. The van der Waals surface area contributed by atoms with E-state index in [1.54, 1.807) is 0 Å². The van der Waals surface area contributed by atoms with Crippen molar-refractivity contribution in [2.24, 2.45) is 0 Å². The lowest BCUT2D eigenvalue weighted by atomic mass is 9.97. The third kappa shape index (κ3) is 3.31. The van der Waals surface area contributed by atoms with Crippen LogP contribution in [0.4, 0.5) is 0 Å². The third-order valence-electron chi connectivity index (χ3n) is 4.71. The highest BCUT2D eigenvalue weighted by molar-refractivity contribution is 6.30. The molecule has 25 heavy (non-hydrogen) atoms. The molecule has 4 rings (SSSR count). The third-order valence-corrected chi connectivity index (χ3v) is 4.96. The highest BCUT2D eigenvalue weighted by Crippen LogP contribution is 2.28. The normalized spacial score (nSPS) is 11.0. The van der Waals surface area contributed by atoms with Crippen LogP contribution in [-0.2, 0) is 6.42 Å². The number of aryl methyl sites for hydroxylation is 1. The summed E-state index contributed by atoms with van der Waals surface area (Å²) in [5, 5.41) is 3.36. The van der Waals surface area contributed by atoms with Gasteiger partial charge in [-0.25, -0.2) is 0 Å². The molecule has 0 radical (unpaired) electrons.